The van der Waals surface area contributed by atoms with Gasteiger partial charge in [-0.15, -0.1) is 53.6 Å². The topological polar surface area (TPSA) is 43.9 Å². The maximum atomic E-state index is 6.58. The third-order valence-electron chi connectivity index (χ3n) is 6.56. The van der Waals surface area contributed by atoms with E-state index < -0.39 is 0 Å². The van der Waals surface area contributed by atoms with Crippen LogP contribution in [-0.2, 0) is 21.1 Å². The third-order valence-corrected chi connectivity index (χ3v) is 6.56. The first-order chi connectivity index (χ1) is 18.8. The standard InChI is InChI=1S/C34H21N3O.Pt/c1-3-16-31-27(12-1)28-13-2-4-17-33(28)38-34-19-18-25(30-15-6-8-21-36-30)23-32(34)37(31)26-11-9-10-24(22-26)29-14-5-7-20-35-29;/h1-21H;/q-2;+2. The van der Waals surface area contributed by atoms with Crippen LogP contribution in [0.1, 0.15) is 0 Å². The Balaban J connectivity index is 0.00000277. The van der Waals surface area contributed by atoms with Crippen molar-refractivity contribution in [3.8, 4) is 28.2 Å². The van der Waals surface area contributed by atoms with Gasteiger partial charge in [0.15, 0.2) is 0 Å². The summed E-state index contributed by atoms with van der Waals surface area (Å²) in [6, 6.07) is 45.7. The van der Waals surface area contributed by atoms with E-state index in [1.165, 1.54) is 0 Å². The molecule has 4 aromatic carbocycles. The number of pyridine rings is 2. The number of benzene rings is 4. The van der Waals surface area contributed by atoms with Crippen LogP contribution in [0.25, 0.3) is 61.2 Å². The van der Waals surface area contributed by atoms with Crippen molar-refractivity contribution in [2.24, 2.45) is 0 Å². The number of para-hydroxylation sites is 2. The molecule has 0 spiro atoms. The monoisotopic (exact) mass is 682 g/mol. The van der Waals surface area contributed by atoms with Gasteiger partial charge in [0.05, 0.1) is 11.1 Å². The molecule has 188 valence electrons. The molecule has 0 bridgehead atoms. The minimum Gasteiger partial charge on any atom is -0.499 e. The molecule has 0 unspecified atom stereocenters. The molecule has 5 heteroatoms. The Morgan fingerprint density at radius 1 is 0.538 bits per heavy atom. The number of fused-ring (bicyclic) bond motifs is 4. The number of rotatable bonds is 3. The van der Waals surface area contributed by atoms with Crippen molar-refractivity contribution in [2.45, 2.75) is 0 Å². The van der Waals surface area contributed by atoms with Crippen molar-refractivity contribution in [2.75, 3.05) is 0 Å². The van der Waals surface area contributed by atoms with Crippen LogP contribution in [0.5, 0.6) is 0 Å². The number of hydrogen-bond donors (Lipinski definition) is 0. The van der Waals surface area contributed by atoms with Crippen LogP contribution >= 0.6 is 0 Å². The van der Waals surface area contributed by atoms with Crippen LogP contribution in [0.15, 0.2) is 132 Å². The molecule has 7 aromatic rings. The van der Waals surface area contributed by atoms with E-state index >= 15 is 0 Å². The fourth-order valence-corrected chi connectivity index (χ4v) is 4.81. The van der Waals surface area contributed by atoms with Gasteiger partial charge in [-0.05, 0) is 41.3 Å². The zero-order valence-electron chi connectivity index (χ0n) is 20.7. The summed E-state index contributed by atoms with van der Waals surface area (Å²) >= 11 is 0. The first-order valence-corrected chi connectivity index (χ1v) is 12.4. The summed E-state index contributed by atoms with van der Waals surface area (Å²) in [5.41, 5.74) is 7.64. The van der Waals surface area contributed by atoms with Crippen molar-refractivity contribution in [3.63, 3.8) is 0 Å². The van der Waals surface area contributed by atoms with Gasteiger partial charge in [0.25, 0.3) is 0 Å². The molecule has 7 rings (SSSR count). The molecule has 3 heterocycles. The van der Waals surface area contributed by atoms with Crippen molar-refractivity contribution in [1.29, 1.82) is 0 Å². The van der Waals surface area contributed by atoms with E-state index in [1.54, 1.807) is 12.4 Å². The van der Waals surface area contributed by atoms with E-state index in [0.717, 1.165) is 55.6 Å². The second-order valence-electron chi connectivity index (χ2n) is 8.92. The molecule has 0 saturated carbocycles. The maximum absolute atomic E-state index is 6.58. The van der Waals surface area contributed by atoms with Gasteiger partial charge in [0, 0.05) is 28.7 Å². The predicted molar refractivity (Wildman–Crippen MR) is 152 cm³/mol. The molecule has 0 aliphatic rings. The Morgan fingerprint density at radius 2 is 1.21 bits per heavy atom. The van der Waals surface area contributed by atoms with Crippen LogP contribution in [0.3, 0.4) is 0 Å². The maximum Gasteiger partial charge on any atom is 2.00 e. The fourth-order valence-electron chi connectivity index (χ4n) is 4.81. The molecule has 0 N–H and O–H groups in total. The molecule has 3 aromatic heterocycles. The Morgan fingerprint density at radius 3 is 1.95 bits per heavy atom. The van der Waals surface area contributed by atoms with E-state index in [-0.39, 0.29) is 21.1 Å². The SMILES string of the molecule is [Pt+2].[c-]1c(-c2ccccn2)cccc1-n1c2[c-]c(-c3ccccn3)ccc2oc2ccccc2c2ccccc21. The van der Waals surface area contributed by atoms with Gasteiger partial charge in [0.1, 0.15) is 5.58 Å². The van der Waals surface area contributed by atoms with Crippen LogP contribution in [-0.4, -0.2) is 14.5 Å². The van der Waals surface area contributed by atoms with E-state index in [2.05, 4.69) is 63.1 Å². The summed E-state index contributed by atoms with van der Waals surface area (Å²) < 4.78 is 8.74. The summed E-state index contributed by atoms with van der Waals surface area (Å²) in [6.07, 6.45) is 3.60. The average Bonchev–Trinajstić information content (AvgIpc) is 2.99. The molecule has 0 amide bonds. The minimum absolute atomic E-state index is 0. The van der Waals surface area contributed by atoms with Gasteiger partial charge in [0.2, 0.25) is 0 Å². The molecule has 0 fully saturated rings. The molecule has 0 atom stereocenters. The normalized spacial score (nSPS) is 10.9. The van der Waals surface area contributed by atoms with E-state index in [0.29, 0.717) is 5.58 Å². The summed E-state index contributed by atoms with van der Waals surface area (Å²) in [5.74, 6) is 0. The van der Waals surface area contributed by atoms with Gasteiger partial charge in [-0.2, -0.15) is 0 Å². The van der Waals surface area contributed by atoms with E-state index in [4.69, 9.17) is 4.42 Å². The largest absolute Gasteiger partial charge is 2.00 e. The second-order valence-corrected chi connectivity index (χ2v) is 8.92. The van der Waals surface area contributed by atoms with Crippen molar-refractivity contribution in [3.05, 3.63) is 140 Å². The summed E-state index contributed by atoms with van der Waals surface area (Å²) in [6.45, 7) is 0. The van der Waals surface area contributed by atoms with Crippen molar-refractivity contribution in [1.82, 2.24) is 14.5 Å². The van der Waals surface area contributed by atoms with E-state index in [9.17, 15) is 0 Å². The summed E-state index contributed by atoms with van der Waals surface area (Å²) in [4.78, 5) is 9.12. The molecule has 0 saturated heterocycles. The number of aromatic nitrogens is 3. The minimum atomic E-state index is 0. The molecule has 0 radical (unpaired) electrons. The Hall–Kier alpha value is -4.53. The summed E-state index contributed by atoms with van der Waals surface area (Å²) in [7, 11) is 0. The van der Waals surface area contributed by atoms with Gasteiger partial charge in [-0.25, -0.2) is 0 Å². The van der Waals surface area contributed by atoms with E-state index in [1.807, 2.05) is 78.9 Å². The van der Waals surface area contributed by atoms with Gasteiger partial charge in [-0.1, -0.05) is 60.7 Å². The average molecular weight is 683 g/mol. The molecule has 39 heavy (non-hydrogen) atoms. The Bertz CT molecular complexity index is 1980. The smallest absolute Gasteiger partial charge is 0.499 e. The van der Waals surface area contributed by atoms with Crippen LogP contribution in [0, 0.1) is 12.1 Å². The number of hydrogen-bond acceptors (Lipinski definition) is 3. The quantitative estimate of drug-likeness (QED) is 0.176. The van der Waals surface area contributed by atoms with Crippen LogP contribution in [0.2, 0.25) is 0 Å². The van der Waals surface area contributed by atoms with Crippen LogP contribution < -0.4 is 0 Å². The fraction of sp³-hybridized carbons (Fsp3) is 0. The molecular weight excluding hydrogens is 661 g/mol. The zero-order valence-corrected chi connectivity index (χ0v) is 23.0. The van der Waals surface area contributed by atoms with Crippen molar-refractivity contribution < 1.29 is 25.5 Å². The molecular formula is C34H21N3OPt. The third kappa shape index (κ3) is 4.65. The van der Waals surface area contributed by atoms with Crippen molar-refractivity contribution >= 4 is 33.0 Å². The van der Waals surface area contributed by atoms with Crippen LogP contribution in [0.4, 0.5) is 0 Å². The van der Waals surface area contributed by atoms with Gasteiger partial charge < -0.3 is 19.0 Å². The Labute approximate surface area is 240 Å². The summed E-state index contributed by atoms with van der Waals surface area (Å²) in [5, 5.41) is 2.08. The van der Waals surface area contributed by atoms with Gasteiger partial charge in [-0.3, -0.25) is 0 Å². The predicted octanol–water partition coefficient (Wildman–Crippen LogP) is 8.38. The first kappa shape index (κ1) is 24.8. The molecule has 0 aliphatic carbocycles. The van der Waals surface area contributed by atoms with Gasteiger partial charge >= 0.3 is 21.1 Å². The molecule has 4 nitrogen and oxygen atoms in total. The molecule has 0 aliphatic heterocycles. The Kier molecular flexibility index (Phi) is 6.79. The zero-order chi connectivity index (χ0) is 25.3. The number of nitrogens with zero attached hydrogens (tertiary/aromatic N) is 3. The second kappa shape index (κ2) is 10.7. The first-order valence-electron chi connectivity index (χ1n) is 12.4.